The number of thioether (sulfide) groups is 1. The lowest BCUT2D eigenvalue weighted by Crippen LogP contribution is -1.91. The van der Waals surface area contributed by atoms with Crippen LogP contribution in [-0.4, -0.2) is 19.0 Å². The van der Waals surface area contributed by atoms with Crippen LogP contribution in [0.25, 0.3) is 0 Å². The highest BCUT2D eigenvalue weighted by Gasteiger charge is 2.22. The van der Waals surface area contributed by atoms with Gasteiger partial charge in [-0.05, 0) is 24.0 Å². The fourth-order valence-electron chi connectivity index (χ4n) is 1.21. The van der Waals surface area contributed by atoms with E-state index in [4.69, 9.17) is 4.74 Å². The first-order valence-electron chi connectivity index (χ1n) is 4.13. The Morgan fingerprint density at radius 1 is 1.42 bits per heavy atom. The van der Waals surface area contributed by atoms with Crippen molar-refractivity contribution in [1.82, 2.24) is 0 Å². The number of benzene rings is 1. The number of ether oxygens (including phenoxy) is 1. The van der Waals surface area contributed by atoms with Gasteiger partial charge < -0.3 is 4.74 Å². The molecule has 1 fully saturated rings. The highest BCUT2D eigenvalue weighted by Crippen LogP contribution is 2.19. The Morgan fingerprint density at radius 3 is 2.58 bits per heavy atom. The van der Waals surface area contributed by atoms with Gasteiger partial charge in [0, 0.05) is 11.3 Å². The lowest BCUT2D eigenvalue weighted by Gasteiger charge is -1.99. The molecule has 0 aromatic heterocycles. The van der Waals surface area contributed by atoms with Gasteiger partial charge >= 0.3 is 0 Å². The van der Waals surface area contributed by atoms with Crippen molar-refractivity contribution in [3.8, 4) is 0 Å². The van der Waals surface area contributed by atoms with E-state index in [1.165, 1.54) is 10.5 Å². The monoisotopic (exact) mass is 180 g/mol. The Hall–Kier alpha value is -0.470. The van der Waals surface area contributed by atoms with E-state index in [1.54, 1.807) is 11.8 Å². The highest BCUT2D eigenvalue weighted by atomic mass is 32.2. The van der Waals surface area contributed by atoms with Crippen molar-refractivity contribution in [3.05, 3.63) is 29.8 Å². The summed E-state index contributed by atoms with van der Waals surface area (Å²) < 4.78 is 5.16. The summed E-state index contributed by atoms with van der Waals surface area (Å²) in [4.78, 5) is 1.33. The molecule has 1 aliphatic rings. The molecule has 1 unspecified atom stereocenters. The van der Waals surface area contributed by atoms with E-state index in [0.717, 1.165) is 13.0 Å². The highest BCUT2D eigenvalue weighted by molar-refractivity contribution is 7.98. The van der Waals surface area contributed by atoms with Crippen LogP contribution >= 0.6 is 11.8 Å². The van der Waals surface area contributed by atoms with Crippen LogP contribution in [0.5, 0.6) is 0 Å². The van der Waals surface area contributed by atoms with Gasteiger partial charge in [0.05, 0.1) is 12.7 Å². The maximum atomic E-state index is 5.16. The van der Waals surface area contributed by atoms with Crippen LogP contribution in [0.1, 0.15) is 5.56 Å². The van der Waals surface area contributed by atoms with Gasteiger partial charge in [-0.2, -0.15) is 0 Å². The molecular weight excluding hydrogens is 168 g/mol. The third-order valence-electron chi connectivity index (χ3n) is 2.02. The SMILES string of the molecule is CSc1ccc(CC2CO2)cc1. The van der Waals surface area contributed by atoms with E-state index in [-0.39, 0.29) is 0 Å². The third-order valence-corrected chi connectivity index (χ3v) is 2.77. The van der Waals surface area contributed by atoms with Crippen LogP contribution in [0, 0.1) is 0 Å². The summed E-state index contributed by atoms with van der Waals surface area (Å²) in [5.41, 5.74) is 1.38. The van der Waals surface area contributed by atoms with Crippen LogP contribution in [0.2, 0.25) is 0 Å². The second-order valence-corrected chi connectivity index (χ2v) is 3.89. The van der Waals surface area contributed by atoms with Gasteiger partial charge in [-0.3, -0.25) is 0 Å². The standard InChI is InChI=1S/C10H12OS/c1-12-10-4-2-8(3-5-10)6-9-7-11-9/h2-5,9H,6-7H2,1H3. The molecule has 0 N–H and O–H groups in total. The summed E-state index contributed by atoms with van der Waals surface area (Å²) in [6.45, 7) is 0.949. The summed E-state index contributed by atoms with van der Waals surface area (Å²) in [7, 11) is 0. The predicted molar refractivity (Wildman–Crippen MR) is 51.7 cm³/mol. The van der Waals surface area contributed by atoms with E-state index in [0.29, 0.717) is 6.10 Å². The molecule has 1 aliphatic heterocycles. The molecule has 1 nitrogen and oxygen atoms in total. The molecule has 1 aromatic carbocycles. The Labute approximate surface area is 77.1 Å². The fourth-order valence-corrected chi connectivity index (χ4v) is 1.62. The summed E-state index contributed by atoms with van der Waals surface area (Å²) in [6.07, 6.45) is 3.68. The van der Waals surface area contributed by atoms with E-state index in [1.807, 2.05) is 0 Å². The van der Waals surface area contributed by atoms with Crippen molar-refractivity contribution in [2.75, 3.05) is 12.9 Å². The normalized spacial score (nSPS) is 20.9. The van der Waals surface area contributed by atoms with E-state index in [2.05, 4.69) is 30.5 Å². The second kappa shape index (κ2) is 3.50. The van der Waals surface area contributed by atoms with Crippen LogP contribution in [-0.2, 0) is 11.2 Å². The van der Waals surface area contributed by atoms with Gasteiger partial charge in [0.15, 0.2) is 0 Å². The Morgan fingerprint density at radius 2 is 2.08 bits per heavy atom. The van der Waals surface area contributed by atoms with Gasteiger partial charge in [-0.25, -0.2) is 0 Å². The largest absolute Gasteiger partial charge is 0.373 e. The number of hydrogen-bond acceptors (Lipinski definition) is 2. The molecule has 64 valence electrons. The summed E-state index contributed by atoms with van der Waals surface area (Å²) >= 11 is 1.78. The summed E-state index contributed by atoms with van der Waals surface area (Å²) in [5.74, 6) is 0. The number of epoxide rings is 1. The Kier molecular flexibility index (Phi) is 2.38. The quantitative estimate of drug-likeness (QED) is 0.523. The molecule has 1 aromatic rings. The second-order valence-electron chi connectivity index (χ2n) is 3.01. The maximum Gasteiger partial charge on any atom is 0.0850 e. The van der Waals surface area contributed by atoms with Gasteiger partial charge in [0.25, 0.3) is 0 Å². The maximum absolute atomic E-state index is 5.16. The van der Waals surface area contributed by atoms with Gasteiger partial charge in [-0.1, -0.05) is 12.1 Å². The van der Waals surface area contributed by atoms with Crippen LogP contribution in [0.4, 0.5) is 0 Å². The average Bonchev–Trinajstić information content (AvgIpc) is 2.90. The van der Waals surface area contributed by atoms with Crippen molar-refractivity contribution in [2.24, 2.45) is 0 Å². The zero-order valence-corrected chi connectivity index (χ0v) is 7.93. The topological polar surface area (TPSA) is 12.5 Å². The molecule has 0 amide bonds. The van der Waals surface area contributed by atoms with E-state index < -0.39 is 0 Å². The summed E-state index contributed by atoms with van der Waals surface area (Å²) in [6, 6.07) is 8.71. The van der Waals surface area contributed by atoms with Crippen molar-refractivity contribution < 1.29 is 4.74 Å². The van der Waals surface area contributed by atoms with Gasteiger partial charge in [0.2, 0.25) is 0 Å². The molecule has 1 heterocycles. The van der Waals surface area contributed by atoms with Gasteiger partial charge in [-0.15, -0.1) is 11.8 Å². The molecule has 0 saturated carbocycles. The molecule has 0 spiro atoms. The molecule has 1 saturated heterocycles. The van der Waals surface area contributed by atoms with Crippen LogP contribution < -0.4 is 0 Å². The lowest BCUT2D eigenvalue weighted by atomic mass is 10.1. The van der Waals surface area contributed by atoms with Crippen LogP contribution in [0.3, 0.4) is 0 Å². The molecular formula is C10H12OS. The van der Waals surface area contributed by atoms with Crippen molar-refractivity contribution in [1.29, 1.82) is 0 Å². The summed E-state index contributed by atoms with van der Waals surface area (Å²) in [5, 5.41) is 0. The lowest BCUT2D eigenvalue weighted by molar-refractivity contribution is 0.407. The zero-order valence-electron chi connectivity index (χ0n) is 7.12. The molecule has 0 bridgehead atoms. The first-order valence-corrected chi connectivity index (χ1v) is 5.35. The third kappa shape index (κ3) is 2.02. The first-order chi connectivity index (χ1) is 5.88. The van der Waals surface area contributed by atoms with E-state index in [9.17, 15) is 0 Å². The van der Waals surface area contributed by atoms with Crippen molar-refractivity contribution in [3.63, 3.8) is 0 Å². The zero-order chi connectivity index (χ0) is 8.39. The minimum Gasteiger partial charge on any atom is -0.373 e. The van der Waals surface area contributed by atoms with Crippen molar-refractivity contribution >= 4 is 11.8 Å². The number of hydrogen-bond donors (Lipinski definition) is 0. The smallest absolute Gasteiger partial charge is 0.0850 e. The Balaban J connectivity index is 2.02. The van der Waals surface area contributed by atoms with Crippen molar-refractivity contribution in [2.45, 2.75) is 17.4 Å². The fraction of sp³-hybridized carbons (Fsp3) is 0.400. The van der Waals surface area contributed by atoms with E-state index >= 15 is 0 Å². The first kappa shape index (κ1) is 8.14. The minimum atomic E-state index is 0.505. The minimum absolute atomic E-state index is 0.505. The molecule has 2 heteroatoms. The molecule has 1 atom stereocenters. The molecule has 2 rings (SSSR count). The predicted octanol–water partition coefficient (Wildman–Crippen LogP) is 2.35. The number of rotatable bonds is 3. The van der Waals surface area contributed by atoms with Crippen LogP contribution in [0.15, 0.2) is 29.2 Å². The average molecular weight is 180 g/mol. The molecule has 0 aliphatic carbocycles. The molecule has 12 heavy (non-hydrogen) atoms. The molecule has 0 radical (unpaired) electrons. The Bertz CT molecular complexity index is 251. The van der Waals surface area contributed by atoms with Gasteiger partial charge in [0.1, 0.15) is 0 Å².